The van der Waals surface area contributed by atoms with E-state index >= 15 is 0 Å². The number of halogens is 1. The molecule has 0 aliphatic carbocycles. The molecule has 0 saturated heterocycles. The molecule has 1 N–H and O–H groups in total. The highest BCUT2D eigenvalue weighted by atomic mass is 79.9. The molecule has 0 radical (unpaired) electrons. The first kappa shape index (κ1) is 14.5. The van der Waals surface area contributed by atoms with Crippen LogP contribution in [0.1, 0.15) is 16.1 Å². The molecule has 0 aliphatic heterocycles. The van der Waals surface area contributed by atoms with Crippen molar-refractivity contribution in [3.63, 3.8) is 0 Å². The topological polar surface area (TPSA) is 55.1 Å². The largest absolute Gasteiger partial charge is 0.355 e. The minimum atomic E-state index is -0.295. The van der Waals surface area contributed by atoms with E-state index in [1.54, 1.807) is 6.07 Å². The van der Waals surface area contributed by atoms with Crippen LogP contribution in [0.2, 0.25) is 0 Å². The molecule has 0 bridgehead atoms. The quantitative estimate of drug-likeness (QED) is 0.741. The van der Waals surface area contributed by atoms with Gasteiger partial charge in [0.05, 0.1) is 0 Å². The van der Waals surface area contributed by atoms with Gasteiger partial charge in [-0.05, 0) is 30.7 Å². The third kappa shape index (κ3) is 3.09. The number of aromatic nitrogens is 1. The van der Waals surface area contributed by atoms with Gasteiger partial charge in [0.2, 0.25) is 0 Å². The molecular weight excluding hydrogens is 344 g/mol. The van der Waals surface area contributed by atoms with Gasteiger partial charge in [0.1, 0.15) is 0 Å². The molecule has 0 atom stereocenters. The summed E-state index contributed by atoms with van der Waals surface area (Å²) in [4.78, 5) is 12.3. The SMILES string of the molecule is Cc1cc(Br)ccc1NC(=O)c1cc(-c2ccccc2)on1. The lowest BCUT2D eigenvalue weighted by Gasteiger charge is -2.06. The number of nitrogens with zero attached hydrogens (tertiary/aromatic N) is 1. The number of hydrogen-bond donors (Lipinski definition) is 1. The van der Waals surface area contributed by atoms with Crippen LogP contribution < -0.4 is 5.32 Å². The Bertz CT molecular complexity index is 813. The Morgan fingerprint density at radius 2 is 1.91 bits per heavy atom. The number of carbonyl (C=O) groups is 1. The van der Waals surface area contributed by atoms with Gasteiger partial charge >= 0.3 is 0 Å². The van der Waals surface area contributed by atoms with Crippen LogP contribution in [-0.2, 0) is 0 Å². The van der Waals surface area contributed by atoms with Crippen molar-refractivity contribution in [2.24, 2.45) is 0 Å². The van der Waals surface area contributed by atoms with Gasteiger partial charge in [0, 0.05) is 21.8 Å². The first-order valence-electron chi connectivity index (χ1n) is 6.73. The van der Waals surface area contributed by atoms with Crippen LogP contribution >= 0.6 is 15.9 Å². The fourth-order valence-electron chi connectivity index (χ4n) is 2.07. The molecule has 3 aromatic rings. The number of amides is 1. The summed E-state index contributed by atoms with van der Waals surface area (Å²) in [6.07, 6.45) is 0. The lowest BCUT2D eigenvalue weighted by atomic mass is 10.1. The van der Waals surface area contributed by atoms with E-state index in [1.165, 1.54) is 0 Å². The molecule has 5 heteroatoms. The zero-order chi connectivity index (χ0) is 15.5. The minimum absolute atomic E-state index is 0.251. The van der Waals surface area contributed by atoms with E-state index in [4.69, 9.17) is 4.52 Å². The van der Waals surface area contributed by atoms with Crippen molar-refractivity contribution in [3.8, 4) is 11.3 Å². The van der Waals surface area contributed by atoms with E-state index < -0.39 is 0 Å². The summed E-state index contributed by atoms with van der Waals surface area (Å²) in [5.74, 6) is 0.273. The van der Waals surface area contributed by atoms with Gasteiger partial charge in [-0.1, -0.05) is 51.4 Å². The van der Waals surface area contributed by atoms with Crippen molar-refractivity contribution in [1.82, 2.24) is 5.16 Å². The molecule has 0 fully saturated rings. The van der Waals surface area contributed by atoms with E-state index in [0.29, 0.717) is 5.76 Å². The number of nitrogens with one attached hydrogen (secondary N) is 1. The van der Waals surface area contributed by atoms with E-state index in [-0.39, 0.29) is 11.6 Å². The fraction of sp³-hybridized carbons (Fsp3) is 0.0588. The first-order chi connectivity index (χ1) is 10.6. The molecule has 110 valence electrons. The molecule has 0 aliphatic rings. The second-order valence-electron chi connectivity index (χ2n) is 4.86. The van der Waals surface area contributed by atoms with Crippen molar-refractivity contribution in [3.05, 3.63) is 70.3 Å². The Morgan fingerprint density at radius 1 is 1.14 bits per heavy atom. The Hall–Kier alpha value is -2.40. The van der Waals surface area contributed by atoms with Crippen molar-refractivity contribution in [2.45, 2.75) is 6.92 Å². The summed E-state index contributed by atoms with van der Waals surface area (Å²) in [7, 11) is 0. The summed E-state index contributed by atoms with van der Waals surface area (Å²) < 4.78 is 6.21. The summed E-state index contributed by atoms with van der Waals surface area (Å²) in [5.41, 5.74) is 2.85. The van der Waals surface area contributed by atoms with Gasteiger partial charge in [-0.2, -0.15) is 0 Å². The number of aryl methyl sites for hydroxylation is 1. The lowest BCUT2D eigenvalue weighted by Crippen LogP contribution is -2.12. The Balaban J connectivity index is 1.80. The van der Waals surface area contributed by atoms with Crippen molar-refractivity contribution in [2.75, 3.05) is 5.32 Å². The molecule has 1 aromatic heterocycles. The second-order valence-corrected chi connectivity index (χ2v) is 5.77. The average molecular weight is 357 g/mol. The maximum atomic E-state index is 12.3. The highest BCUT2D eigenvalue weighted by Gasteiger charge is 2.14. The monoisotopic (exact) mass is 356 g/mol. The summed E-state index contributed by atoms with van der Waals surface area (Å²) in [5, 5.41) is 6.68. The molecule has 1 heterocycles. The Labute approximate surface area is 136 Å². The molecule has 22 heavy (non-hydrogen) atoms. The number of anilines is 1. The van der Waals surface area contributed by atoms with Crippen LogP contribution in [0, 0.1) is 6.92 Å². The standard InChI is InChI=1S/C17H13BrN2O2/c1-11-9-13(18)7-8-14(11)19-17(21)15-10-16(22-20-15)12-5-3-2-4-6-12/h2-10H,1H3,(H,19,21). The fourth-order valence-corrected chi connectivity index (χ4v) is 2.55. The van der Waals surface area contributed by atoms with E-state index in [9.17, 15) is 4.79 Å². The third-order valence-corrected chi connectivity index (χ3v) is 3.73. The number of benzene rings is 2. The lowest BCUT2D eigenvalue weighted by molar-refractivity contribution is 0.101. The second kappa shape index (κ2) is 6.15. The van der Waals surface area contributed by atoms with Crippen LogP contribution in [0.25, 0.3) is 11.3 Å². The zero-order valence-corrected chi connectivity index (χ0v) is 13.4. The number of carbonyl (C=O) groups excluding carboxylic acids is 1. The highest BCUT2D eigenvalue weighted by molar-refractivity contribution is 9.10. The van der Waals surface area contributed by atoms with E-state index in [2.05, 4.69) is 26.4 Å². The summed E-state index contributed by atoms with van der Waals surface area (Å²) >= 11 is 3.40. The highest BCUT2D eigenvalue weighted by Crippen LogP contribution is 2.22. The van der Waals surface area contributed by atoms with Crippen molar-refractivity contribution >= 4 is 27.5 Å². The average Bonchev–Trinajstić information content (AvgIpc) is 3.01. The van der Waals surface area contributed by atoms with E-state index in [0.717, 1.165) is 21.3 Å². The van der Waals surface area contributed by atoms with Gasteiger partial charge in [-0.25, -0.2) is 0 Å². The first-order valence-corrected chi connectivity index (χ1v) is 7.52. The van der Waals surface area contributed by atoms with E-state index in [1.807, 2.05) is 55.5 Å². The molecule has 4 nitrogen and oxygen atoms in total. The smallest absolute Gasteiger partial charge is 0.277 e. The van der Waals surface area contributed by atoms with Crippen LogP contribution in [0.3, 0.4) is 0 Å². The number of rotatable bonds is 3. The molecule has 0 unspecified atom stereocenters. The molecule has 0 saturated carbocycles. The minimum Gasteiger partial charge on any atom is -0.355 e. The predicted octanol–water partition coefficient (Wildman–Crippen LogP) is 4.66. The Kier molecular flexibility index (Phi) is 4.06. The predicted molar refractivity (Wildman–Crippen MR) is 88.8 cm³/mol. The van der Waals surface area contributed by atoms with Gasteiger partial charge in [0.25, 0.3) is 5.91 Å². The Morgan fingerprint density at radius 3 is 2.64 bits per heavy atom. The van der Waals surface area contributed by atoms with Crippen molar-refractivity contribution in [1.29, 1.82) is 0 Å². The maximum absolute atomic E-state index is 12.3. The molecule has 3 rings (SSSR count). The molecule has 1 amide bonds. The van der Waals surface area contributed by atoms with Crippen LogP contribution in [0.5, 0.6) is 0 Å². The zero-order valence-electron chi connectivity index (χ0n) is 11.8. The normalized spacial score (nSPS) is 10.5. The summed E-state index contributed by atoms with van der Waals surface area (Å²) in [6.45, 7) is 1.93. The van der Waals surface area contributed by atoms with Crippen LogP contribution in [0.4, 0.5) is 5.69 Å². The molecule has 2 aromatic carbocycles. The molecule has 0 spiro atoms. The van der Waals surface area contributed by atoms with Crippen LogP contribution in [0.15, 0.2) is 63.6 Å². The van der Waals surface area contributed by atoms with Gasteiger partial charge in [-0.3, -0.25) is 4.79 Å². The summed E-state index contributed by atoms with van der Waals surface area (Å²) in [6, 6.07) is 16.8. The van der Waals surface area contributed by atoms with Gasteiger partial charge in [0.15, 0.2) is 11.5 Å². The third-order valence-electron chi connectivity index (χ3n) is 3.24. The van der Waals surface area contributed by atoms with Crippen molar-refractivity contribution < 1.29 is 9.32 Å². The van der Waals surface area contributed by atoms with Gasteiger partial charge in [-0.15, -0.1) is 0 Å². The van der Waals surface area contributed by atoms with Crippen LogP contribution in [-0.4, -0.2) is 11.1 Å². The maximum Gasteiger partial charge on any atom is 0.277 e. The molecular formula is C17H13BrN2O2. The van der Waals surface area contributed by atoms with Gasteiger partial charge < -0.3 is 9.84 Å². The number of hydrogen-bond acceptors (Lipinski definition) is 3.